The second-order valence-electron chi connectivity index (χ2n) is 6.21. The van der Waals surface area contributed by atoms with Gasteiger partial charge in [-0.1, -0.05) is 24.3 Å². The lowest BCUT2D eigenvalue weighted by molar-refractivity contribution is -0.115. The second kappa shape index (κ2) is 6.13. The Morgan fingerprint density at radius 1 is 1.04 bits per heavy atom. The fraction of sp³-hybridized carbons (Fsp3) is 0.250. The van der Waals surface area contributed by atoms with Gasteiger partial charge in [0.2, 0.25) is 6.79 Å². The van der Waals surface area contributed by atoms with E-state index in [2.05, 4.69) is 0 Å². The third-order valence-electron chi connectivity index (χ3n) is 4.60. The van der Waals surface area contributed by atoms with Crippen molar-refractivity contribution in [1.29, 1.82) is 0 Å². The minimum Gasteiger partial charge on any atom is -0.454 e. The van der Waals surface area contributed by atoms with E-state index in [4.69, 9.17) is 9.47 Å². The number of benzene rings is 2. The van der Waals surface area contributed by atoms with Gasteiger partial charge in [0.05, 0.1) is 6.61 Å². The summed E-state index contributed by atoms with van der Waals surface area (Å²) in [5.74, 6) is 1.77. The van der Waals surface area contributed by atoms with E-state index in [-0.39, 0.29) is 25.1 Å². The average Bonchev–Trinajstić information content (AvgIpc) is 3.09. The molecule has 0 radical (unpaired) electrons. The number of rotatable bonds is 3. The third-order valence-corrected chi connectivity index (χ3v) is 4.60. The van der Waals surface area contributed by atoms with Crippen LogP contribution in [0.4, 0.5) is 0 Å². The van der Waals surface area contributed by atoms with Gasteiger partial charge in [-0.25, -0.2) is 0 Å². The number of aliphatic hydroxyl groups excluding tert-OH is 1. The van der Waals surface area contributed by atoms with Crippen molar-refractivity contribution in [2.75, 3.05) is 6.79 Å². The van der Waals surface area contributed by atoms with Gasteiger partial charge in [-0.3, -0.25) is 4.79 Å². The first-order valence-electron chi connectivity index (χ1n) is 8.06. The van der Waals surface area contributed by atoms with Gasteiger partial charge in [-0.05, 0) is 58.9 Å². The summed E-state index contributed by atoms with van der Waals surface area (Å²) in [6, 6.07) is 13.6. The molecule has 0 fully saturated rings. The van der Waals surface area contributed by atoms with Gasteiger partial charge >= 0.3 is 0 Å². The summed E-state index contributed by atoms with van der Waals surface area (Å²) >= 11 is 0. The molecule has 4 rings (SSSR count). The maximum Gasteiger partial charge on any atom is 0.231 e. The molecule has 1 atom stereocenters. The van der Waals surface area contributed by atoms with Crippen LogP contribution in [0.25, 0.3) is 5.57 Å². The van der Waals surface area contributed by atoms with Gasteiger partial charge in [0.15, 0.2) is 17.3 Å². The summed E-state index contributed by atoms with van der Waals surface area (Å²) in [6.45, 7) is 0.252. The molecule has 2 aromatic rings. The van der Waals surface area contributed by atoms with Gasteiger partial charge in [0.1, 0.15) is 0 Å². The summed E-state index contributed by atoms with van der Waals surface area (Å²) in [5, 5.41) is 9.32. The molecule has 4 nitrogen and oxygen atoms in total. The lowest BCUT2D eigenvalue weighted by atomic mass is 9.81. The van der Waals surface area contributed by atoms with E-state index in [9.17, 15) is 9.90 Å². The number of ether oxygens (including phenoxy) is 2. The molecule has 0 spiro atoms. The van der Waals surface area contributed by atoms with Gasteiger partial charge in [-0.2, -0.15) is 0 Å². The highest BCUT2D eigenvalue weighted by atomic mass is 16.7. The van der Waals surface area contributed by atoms with Crippen molar-refractivity contribution < 1.29 is 19.4 Å². The Hall–Kier alpha value is -2.59. The number of fused-ring (bicyclic) bond motifs is 1. The van der Waals surface area contributed by atoms with E-state index in [1.165, 1.54) is 0 Å². The van der Waals surface area contributed by atoms with Crippen molar-refractivity contribution in [3.05, 3.63) is 65.2 Å². The molecule has 122 valence electrons. The molecule has 1 aliphatic carbocycles. The fourth-order valence-electron chi connectivity index (χ4n) is 3.37. The van der Waals surface area contributed by atoms with Crippen LogP contribution < -0.4 is 9.47 Å². The molecule has 0 amide bonds. The minimum atomic E-state index is 0.000651. The quantitative estimate of drug-likeness (QED) is 0.940. The number of allylic oxidation sites excluding steroid dienone is 2. The smallest absolute Gasteiger partial charge is 0.231 e. The Balaban J connectivity index is 1.63. The Labute approximate surface area is 140 Å². The molecule has 0 unspecified atom stereocenters. The highest BCUT2D eigenvalue weighted by molar-refractivity contribution is 5.99. The molecule has 1 aliphatic heterocycles. The standard InChI is InChI=1S/C20H18O4/c21-11-13-2-1-3-14(6-13)16-7-17(9-18(22)8-16)15-4-5-19-20(10-15)24-12-23-19/h1-6,8,10,17,21H,7,9,11-12H2/t17-/m1/s1. The number of hydrogen-bond acceptors (Lipinski definition) is 4. The predicted molar refractivity (Wildman–Crippen MR) is 89.9 cm³/mol. The van der Waals surface area contributed by atoms with E-state index in [1.807, 2.05) is 42.5 Å². The highest BCUT2D eigenvalue weighted by Gasteiger charge is 2.25. The summed E-state index contributed by atoms with van der Waals surface area (Å²) in [6.07, 6.45) is 3.03. The van der Waals surface area contributed by atoms with E-state index in [1.54, 1.807) is 6.08 Å². The van der Waals surface area contributed by atoms with Crippen molar-refractivity contribution in [3.8, 4) is 11.5 Å². The topological polar surface area (TPSA) is 55.8 Å². The first-order chi connectivity index (χ1) is 11.7. The van der Waals surface area contributed by atoms with Crippen LogP contribution in [0, 0.1) is 0 Å². The number of carbonyl (C=O) groups excluding carboxylic acids is 1. The maximum absolute atomic E-state index is 12.2. The lowest BCUT2D eigenvalue weighted by Gasteiger charge is -2.23. The third kappa shape index (κ3) is 2.81. The Bertz CT molecular complexity index is 822. The van der Waals surface area contributed by atoms with Crippen LogP contribution >= 0.6 is 0 Å². The molecular formula is C20H18O4. The summed E-state index contributed by atoms with van der Waals surface area (Å²) < 4.78 is 10.8. The summed E-state index contributed by atoms with van der Waals surface area (Å²) in [5.41, 5.74) is 3.96. The molecule has 2 aliphatic rings. The first-order valence-corrected chi connectivity index (χ1v) is 8.06. The zero-order valence-corrected chi connectivity index (χ0v) is 13.2. The molecule has 0 bridgehead atoms. The molecule has 0 aromatic heterocycles. The molecule has 2 aromatic carbocycles. The molecule has 0 saturated heterocycles. The van der Waals surface area contributed by atoms with Crippen LogP contribution in [0.2, 0.25) is 0 Å². The number of ketones is 1. The molecule has 1 N–H and O–H groups in total. The van der Waals surface area contributed by atoms with Gasteiger partial charge in [0.25, 0.3) is 0 Å². The van der Waals surface area contributed by atoms with E-state index < -0.39 is 0 Å². The van der Waals surface area contributed by atoms with Crippen LogP contribution in [0.5, 0.6) is 11.5 Å². The highest BCUT2D eigenvalue weighted by Crippen LogP contribution is 2.40. The average molecular weight is 322 g/mol. The minimum absolute atomic E-state index is 0.000651. The van der Waals surface area contributed by atoms with Gasteiger partial charge in [-0.15, -0.1) is 0 Å². The zero-order valence-electron chi connectivity index (χ0n) is 13.2. The molecule has 24 heavy (non-hydrogen) atoms. The van der Waals surface area contributed by atoms with Crippen LogP contribution in [-0.4, -0.2) is 17.7 Å². The summed E-state index contributed by atoms with van der Waals surface area (Å²) in [4.78, 5) is 12.2. The summed E-state index contributed by atoms with van der Waals surface area (Å²) in [7, 11) is 0. The number of hydrogen-bond donors (Lipinski definition) is 1. The molecule has 4 heteroatoms. The van der Waals surface area contributed by atoms with Crippen molar-refractivity contribution in [2.24, 2.45) is 0 Å². The van der Waals surface area contributed by atoms with Gasteiger partial charge in [0, 0.05) is 6.42 Å². The largest absolute Gasteiger partial charge is 0.454 e. The van der Waals surface area contributed by atoms with Crippen LogP contribution in [0.15, 0.2) is 48.5 Å². The van der Waals surface area contributed by atoms with Crippen LogP contribution in [-0.2, 0) is 11.4 Å². The van der Waals surface area contributed by atoms with E-state index in [0.717, 1.165) is 40.2 Å². The monoisotopic (exact) mass is 322 g/mol. The number of carbonyl (C=O) groups is 1. The van der Waals surface area contributed by atoms with Crippen LogP contribution in [0.3, 0.4) is 0 Å². The zero-order chi connectivity index (χ0) is 16.5. The Morgan fingerprint density at radius 2 is 1.92 bits per heavy atom. The second-order valence-corrected chi connectivity index (χ2v) is 6.21. The Kier molecular flexibility index (Phi) is 3.82. The van der Waals surface area contributed by atoms with E-state index in [0.29, 0.717) is 6.42 Å². The maximum atomic E-state index is 12.2. The molecular weight excluding hydrogens is 304 g/mol. The fourth-order valence-corrected chi connectivity index (χ4v) is 3.37. The number of aliphatic hydroxyl groups is 1. The first kappa shape index (κ1) is 15.0. The van der Waals surface area contributed by atoms with Crippen molar-refractivity contribution in [1.82, 2.24) is 0 Å². The van der Waals surface area contributed by atoms with Crippen molar-refractivity contribution in [2.45, 2.75) is 25.4 Å². The SMILES string of the molecule is O=C1C=C(c2cccc(CO)c2)C[C@@H](c2ccc3c(c2)OCO3)C1. The normalized spacial score (nSPS) is 19.3. The molecule has 1 heterocycles. The van der Waals surface area contributed by atoms with Crippen molar-refractivity contribution in [3.63, 3.8) is 0 Å². The Morgan fingerprint density at radius 3 is 2.79 bits per heavy atom. The predicted octanol–water partition coefficient (Wildman–Crippen LogP) is 3.44. The van der Waals surface area contributed by atoms with Crippen LogP contribution in [0.1, 0.15) is 35.4 Å². The van der Waals surface area contributed by atoms with Crippen molar-refractivity contribution >= 4 is 11.4 Å². The molecule has 0 saturated carbocycles. The van der Waals surface area contributed by atoms with E-state index >= 15 is 0 Å². The van der Waals surface area contributed by atoms with Gasteiger partial charge < -0.3 is 14.6 Å². The lowest BCUT2D eigenvalue weighted by Crippen LogP contribution is -2.12.